The van der Waals surface area contributed by atoms with Gasteiger partial charge >= 0.3 is 0 Å². The quantitative estimate of drug-likeness (QED) is 0.382. The van der Waals surface area contributed by atoms with Gasteiger partial charge in [-0.25, -0.2) is 0 Å². The van der Waals surface area contributed by atoms with Crippen molar-refractivity contribution >= 4 is 11.9 Å². The summed E-state index contributed by atoms with van der Waals surface area (Å²) in [6.07, 6.45) is 6.83. The van der Waals surface area contributed by atoms with Gasteiger partial charge in [-0.15, -0.1) is 0 Å². The normalized spacial score (nSPS) is 10.8. The Morgan fingerprint density at radius 1 is 1.00 bits per heavy atom. The molecule has 0 saturated carbocycles. The molecule has 2 rings (SSSR count). The van der Waals surface area contributed by atoms with Gasteiger partial charge in [-0.05, 0) is 24.6 Å². The fourth-order valence-corrected chi connectivity index (χ4v) is 2.15. The minimum Gasteiger partial charge on any atom is -0.493 e. The lowest BCUT2D eigenvalue weighted by atomic mass is 10.1. The molecular formula is C20H22O2. The van der Waals surface area contributed by atoms with E-state index in [2.05, 4.69) is 6.92 Å². The van der Waals surface area contributed by atoms with Crippen LogP contribution in [0.5, 0.6) is 5.75 Å². The van der Waals surface area contributed by atoms with Gasteiger partial charge in [0.1, 0.15) is 5.75 Å². The predicted molar refractivity (Wildman–Crippen MR) is 91.3 cm³/mol. The average molecular weight is 294 g/mol. The molecule has 0 aliphatic carbocycles. The summed E-state index contributed by atoms with van der Waals surface area (Å²) in [5.41, 5.74) is 1.63. The SMILES string of the molecule is CCCCCOc1ccccc1/C=C/C(=O)c1ccccc1. The maximum atomic E-state index is 12.1. The molecule has 0 fully saturated rings. The molecule has 0 unspecified atom stereocenters. The Labute approximate surface area is 132 Å². The largest absolute Gasteiger partial charge is 0.493 e. The molecule has 0 bridgehead atoms. The number of ether oxygens (including phenoxy) is 1. The second kappa shape index (κ2) is 8.83. The van der Waals surface area contributed by atoms with E-state index in [4.69, 9.17) is 4.74 Å². The first-order chi connectivity index (χ1) is 10.8. The zero-order chi connectivity index (χ0) is 15.6. The van der Waals surface area contributed by atoms with Gasteiger partial charge in [-0.1, -0.05) is 68.3 Å². The Hall–Kier alpha value is -2.35. The maximum Gasteiger partial charge on any atom is 0.185 e. The van der Waals surface area contributed by atoms with Crippen LogP contribution in [0.3, 0.4) is 0 Å². The van der Waals surface area contributed by atoms with Crippen molar-refractivity contribution in [2.24, 2.45) is 0 Å². The van der Waals surface area contributed by atoms with Crippen molar-refractivity contribution in [2.75, 3.05) is 6.61 Å². The Bertz CT molecular complexity index is 615. The summed E-state index contributed by atoms with van der Waals surface area (Å²) in [6, 6.07) is 17.1. The molecule has 114 valence electrons. The summed E-state index contributed by atoms with van der Waals surface area (Å²) < 4.78 is 5.81. The molecule has 0 N–H and O–H groups in total. The first kappa shape index (κ1) is 16.0. The summed E-state index contributed by atoms with van der Waals surface area (Å²) in [4.78, 5) is 12.1. The van der Waals surface area contributed by atoms with Crippen LogP contribution in [0.15, 0.2) is 60.7 Å². The van der Waals surface area contributed by atoms with Crippen LogP contribution in [0.2, 0.25) is 0 Å². The summed E-state index contributed by atoms with van der Waals surface area (Å²) >= 11 is 0. The van der Waals surface area contributed by atoms with E-state index in [1.165, 1.54) is 12.8 Å². The number of carbonyl (C=O) groups excluding carboxylic acids is 1. The van der Waals surface area contributed by atoms with Gasteiger partial charge in [0.05, 0.1) is 6.61 Å². The number of para-hydroxylation sites is 1. The average Bonchev–Trinajstić information content (AvgIpc) is 2.58. The lowest BCUT2D eigenvalue weighted by Gasteiger charge is -2.08. The number of rotatable bonds is 8. The lowest BCUT2D eigenvalue weighted by molar-refractivity contribution is 0.104. The number of hydrogen-bond acceptors (Lipinski definition) is 2. The third kappa shape index (κ3) is 4.88. The van der Waals surface area contributed by atoms with Gasteiger partial charge in [-0.2, -0.15) is 0 Å². The van der Waals surface area contributed by atoms with Gasteiger partial charge in [0.2, 0.25) is 0 Å². The lowest BCUT2D eigenvalue weighted by Crippen LogP contribution is -1.98. The van der Waals surface area contributed by atoms with E-state index in [1.807, 2.05) is 60.7 Å². The monoisotopic (exact) mass is 294 g/mol. The van der Waals surface area contributed by atoms with E-state index >= 15 is 0 Å². The molecule has 22 heavy (non-hydrogen) atoms. The molecule has 2 aromatic carbocycles. The Morgan fingerprint density at radius 3 is 2.50 bits per heavy atom. The molecule has 0 heterocycles. The topological polar surface area (TPSA) is 26.3 Å². The smallest absolute Gasteiger partial charge is 0.185 e. The van der Waals surface area contributed by atoms with E-state index in [0.717, 1.165) is 17.7 Å². The van der Waals surface area contributed by atoms with Crippen LogP contribution in [-0.2, 0) is 0 Å². The minimum absolute atomic E-state index is 0.00128. The van der Waals surface area contributed by atoms with Crippen molar-refractivity contribution in [3.8, 4) is 5.75 Å². The van der Waals surface area contributed by atoms with E-state index in [0.29, 0.717) is 12.2 Å². The predicted octanol–water partition coefficient (Wildman–Crippen LogP) is 5.15. The number of ketones is 1. The Morgan fingerprint density at radius 2 is 1.73 bits per heavy atom. The van der Waals surface area contributed by atoms with Crippen LogP contribution < -0.4 is 4.74 Å². The second-order valence-corrected chi connectivity index (χ2v) is 5.16. The van der Waals surface area contributed by atoms with E-state index in [9.17, 15) is 4.79 Å². The van der Waals surface area contributed by atoms with Gasteiger partial charge in [0.25, 0.3) is 0 Å². The van der Waals surface area contributed by atoms with Crippen LogP contribution in [0.1, 0.15) is 42.1 Å². The first-order valence-corrected chi connectivity index (χ1v) is 7.80. The highest BCUT2D eigenvalue weighted by Gasteiger charge is 2.02. The first-order valence-electron chi connectivity index (χ1n) is 7.80. The number of carbonyl (C=O) groups is 1. The van der Waals surface area contributed by atoms with Crippen LogP contribution >= 0.6 is 0 Å². The van der Waals surface area contributed by atoms with Gasteiger partial charge in [-0.3, -0.25) is 4.79 Å². The molecule has 0 aliphatic heterocycles. The van der Waals surface area contributed by atoms with E-state index < -0.39 is 0 Å². The molecule has 0 atom stereocenters. The summed E-state index contributed by atoms with van der Waals surface area (Å²) in [6.45, 7) is 2.89. The Balaban J connectivity index is 2.02. The van der Waals surface area contributed by atoms with Crippen LogP contribution in [0.25, 0.3) is 6.08 Å². The van der Waals surface area contributed by atoms with Crippen molar-refractivity contribution in [3.63, 3.8) is 0 Å². The van der Waals surface area contributed by atoms with E-state index in [-0.39, 0.29) is 5.78 Å². The molecule has 0 radical (unpaired) electrons. The maximum absolute atomic E-state index is 12.1. The zero-order valence-electron chi connectivity index (χ0n) is 13.0. The molecule has 0 saturated heterocycles. The number of hydrogen-bond donors (Lipinski definition) is 0. The number of benzene rings is 2. The number of unbranched alkanes of at least 4 members (excludes halogenated alkanes) is 2. The van der Waals surface area contributed by atoms with Crippen LogP contribution in [-0.4, -0.2) is 12.4 Å². The van der Waals surface area contributed by atoms with Crippen molar-refractivity contribution in [1.82, 2.24) is 0 Å². The third-order valence-electron chi connectivity index (χ3n) is 3.40. The fraction of sp³-hybridized carbons (Fsp3) is 0.250. The van der Waals surface area contributed by atoms with Crippen molar-refractivity contribution in [3.05, 3.63) is 71.8 Å². The van der Waals surface area contributed by atoms with E-state index in [1.54, 1.807) is 6.08 Å². The van der Waals surface area contributed by atoms with Crippen molar-refractivity contribution < 1.29 is 9.53 Å². The van der Waals surface area contributed by atoms with Crippen molar-refractivity contribution in [1.29, 1.82) is 0 Å². The van der Waals surface area contributed by atoms with Crippen LogP contribution in [0, 0.1) is 0 Å². The molecule has 2 nitrogen and oxygen atoms in total. The fourth-order valence-electron chi connectivity index (χ4n) is 2.15. The summed E-state index contributed by atoms with van der Waals surface area (Å²) in [5, 5.41) is 0. The number of allylic oxidation sites excluding steroid dienone is 1. The van der Waals surface area contributed by atoms with Crippen LogP contribution in [0.4, 0.5) is 0 Å². The summed E-state index contributed by atoms with van der Waals surface area (Å²) in [7, 11) is 0. The zero-order valence-corrected chi connectivity index (χ0v) is 13.0. The van der Waals surface area contributed by atoms with Gasteiger partial charge < -0.3 is 4.74 Å². The van der Waals surface area contributed by atoms with Gasteiger partial charge in [0.15, 0.2) is 5.78 Å². The molecule has 2 aromatic rings. The van der Waals surface area contributed by atoms with Gasteiger partial charge in [0, 0.05) is 11.1 Å². The molecule has 0 amide bonds. The highest BCUT2D eigenvalue weighted by molar-refractivity contribution is 6.06. The second-order valence-electron chi connectivity index (χ2n) is 5.16. The summed E-state index contributed by atoms with van der Waals surface area (Å²) in [5.74, 6) is 0.831. The minimum atomic E-state index is 0.00128. The molecule has 0 aliphatic rings. The molecule has 0 aromatic heterocycles. The molecule has 2 heteroatoms. The molecular weight excluding hydrogens is 272 g/mol. The molecule has 0 spiro atoms. The highest BCUT2D eigenvalue weighted by Crippen LogP contribution is 2.20. The third-order valence-corrected chi connectivity index (χ3v) is 3.40. The van der Waals surface area contributed by atoms with Crippen molar-refractivity contribution in [2.45, 2.75) is 26.2 Å². The standard InChI is InChI=1S/C20H22O2/c1-2-3-9-16-22-20-13-8-7-12-18(20)14-15-19(21)17-10-5-4-6-11-17/h4-8,10-15H,2-3,9,16H2,1H3/b15-14+. The highest BCUT2D eigenvalue weighted by atomic mass is 16.5. The Kier molecular flexibility index (Phi) is 6.43.